The van der Waals surface area contributed by atoms with E-state index in [-0.39, 0.29) is 7.58 Å². The topological polar surface area (TPSA) is 35.0 Å². The third-order valence-corrected chi connectivity index (χ3v) is 0.957. The summed E-state index contributed by atoms with van der Waals surface area (Å²) in [4.78, 5) is 0. The minimum atomic E-state index is 0. The lowest BCUT2D eigenvalue weighted by molar-refractivity contribution is 0.702. The highest BCUT2D eigenvalue weighted by molar-refractivity contribution is 4.31. The fourth-order valence-corrected chi connectivity index (χ4v) is 0.500. The zero-order chi connectivity index (χ0) is 4.83. The Kier molecular flexibility index (Phi) is 13.4. The van der Waals surface area contributed by atoms with Crippen molar-refractivity contribution in [2.45, 2.75) is 39.5 Å². The van der Waals surface area contributed by atoms with Crippen LogP contribution in [0, 0.1) is 0 Å². The van der Waals surface area contributed by atoms with Gasteiger partial charge in [0.15, 0.2) is 0 Å². The van der Waals surface area contributed by atoms with E-state index in [1.54, 1.807) is 0 Å². The van der Waals surface area contributed by atoms with Crippen LogP contribution in [0.25, 0.3) is 0 Å². The zero-order valence-electron chi connectivity index (χ0n) is 5.54. The van der Waals surface area contributed by atoms with Gasteiger partial charge in [-0.15, -0.1) is 0 Å². The Balaban J connectivity index is -0.000000125. The van der Waals surface area contributed by atoms with E-state index >= 15 is 0 Å². The quantitative estimate of drug-likeness (QED) is 0.550. The molecule has 0 bridgehead atoms. The summed E-state index contributed by atoms with van der Waals surface area (Å²) >= 11 is 0. The van der Waals surface area contributed by atoms with Gasteiger partial charge in [0.25, 0.3) is 0 Å². The van der Waals surface area contributed by atoms with Crippen molar-refractivity contribution in [1.29, 1.82) is 0 Å². The second-order valence-corrected chi connectivity index (χ2v) is 1.71. The molecule has 0 aromatic heterocycles. The Bertz CT molecular complexity index is 20.5. The normalized spacial score (nSPS) is 7.71. The van der Waals surface area contributed by atoms with Crippen LogP contribution in [0.4, 0.5) is 0 Å². The van der Waals surface area contributed by atoms with Gasteiger partial charge in [-0.1, -0.05) is 39.5 Å². The van der Waals surface area contributed by atoms with Gasteiger partial charge in [0.1, 0.15) is 0 Å². The molecule has 0 saturated heterocycles. The zero-order valence-corrected chi connectivity index (χ0v) is 5.54. The Morgan fingerprint density at radius 1 is 1.00 bits per heavy atom. The Labute approximate surface area is 48.2 Å². The van der Waals surface area contributed by atoms with E-state index < -0.39 is 0 Å². The van der Waals surface area contributed by atoms with E-state index in [2.05, 4.69) is 13.8 Å². The Morgan fingerprint density at radius 3 is 1.43 bits per heavy atom. The monoisotopic (exact) mass is 105 g/mol. The molecule has 0 atom stereocenters. The smallest absolute Gasteiger partial charge is 0 e. The van der Waals surface area contributed by atoms with E-state index in [1.165, 1.54) is 25.7 Å². The molecule has 0 saturated carbocycles. The second-order valence-electron chi connectivity index (χ2n) is 1.71. The van der Waals surface area contributed by atoms with E-state index in [0.29, 0.717) is 0 Å². The molecule has 0 fully saturated rings. The molecular formula is C6H19N. The lowest BCUT2D eigenvalue weighted by Gasteiger charge is -1.86. The molecule has 0 spiro atoms. The second kappa shape index (κ2) is 9.35. The van der Waals surface area contributed by atoms with Gasteiger partial charge in [0, 0.05) is 1.43 Å². The average Bonchev–Trinajstić information content (AvgIpc) is 1.61. The van der Waals surface area contributed by atoms with Gasteiger partial charge in [-0.25, -0.2) is 0 Å². The summed E-state index contributed by atoms with van der Waals surface area (Å²) < 4.78 is 0. The molecule has 48 valence electrons. The molecule has 7 heavy (non-hydrogen) atoms. The van der Waals surface area contributed by atoms with Crippen LogP contribution in [0.1, 0.15) is 41.0 Å². The highest BCUT2D eigenvalue weighted by atomic mass is 14.0. The van der Waals surface area contributed by atoms with Crippen LogP contribution >= 0.6 is 0 Å². The standard InChI is InChI=1S/C6H14.H3N.H2/c1-3-5-6-4-2;;/h3-6H2,1-2H3;1H3;1H. The molecule has 0 aliphatic rings. The third kappa shape index (κ3) is 10.7. The number of rotatable bonds is 3. The van der Waals surface area contributed by atoms with E-state index in [9.17, 15) is 0 Å². The molecule has 0 aliphatic carbocycles. The van der Waals surface area contributed by atoms with Crippen molar-refractivity contribution in [2.24, 2.45) is 0 Å². The number of unbranched alkanes of at least 4 members (excludes halogenated alkanes) is 3. The lowest BCUT2D eigenvalue weighted by atomic mass is 10.2. The first-order valence-electron chi connectivity index (χ1n) is 2.91. The predicted molar refractivity (Wildman–Crippen MR) is 37.0 cm³/mol. The van der Waals surface area contributed by atoms with Crippen molar-refractivity contribution in [3.05, 3.63) is 0 Å². The predicted octanol–water partition coefficient (Wildman–Crippen LogP) is 2.99. The summed E-state index contributed by atoms with van der Waals surface area (Å²) in [6.07, 6.45) is 5.54. The van der Waals surface area contributed by atoms with Gasteiger partial charge in [-0.05, 0) is 0 Å². The Morgan fingerprint density at radius 2 is 1.29 bits per heavy atom. The van der Waals surface area contributed by atoms with Gasteiger partial charge in [-0.3, -0.25) is 0 Å². The molecule has 3 N–H and O–H groups in total. The van der Waals surface area contributed by atoms with Crippen LogP contribution < -0.4 is 6.15 Å². The van der Waals surface area contributed by atoms with Crippen molar-refractivity contribution in [3.8, 4) is 0 Å². The molecule has 0 aliphatic heterocycles. The summed E-state index contributed by atoms with van der Waals surface area (Å²) in [6.45, 7) is 4.46. The lowest BCUT2D eigenvalue weighted by Crippen LogP contribution is -1.66. The van der Waals surface area contributed by atoms with Crippen LogP contribution in [0.2, 0.25) is 0 Å². The van der Waals surface area contributed by atoms with Gasteiger partial charge >= 0.3 is 0 Å². The van der Waals surface area contributed by atoms with Crippen molar-refractivity contribution in [3.63, 3.8) is 0 Å². The SMILES string of the molecule is CCCCCC.N.[HH]. The third-order valence-electron chi connectivity index (χ3n) is 0.957. The molecule has 0 heterocycles. The fourth-order valence-electron chi connectivity index (χ4n) is 0.500. The largest absolute Gasteiger partial charge is 0.344 e. The molecule has 0 radical (unpaired) electrons. The molecule has 0 rings (SSSR count). The summed E-state index contributed by atoms with van der Waals surface area (Å²) in [5, 5.41) is 0. The van der Waals surface area contributed by atoms with Crippen LogP contribution in [-0.2, 0) is 0 Å². The average molecular weight is 105 g/mol. The van der Waals surface area contributed by atoms with Crippen molar-refractivity contribution >= 4 is 0 Å². The summed E-state index contributed by atoms with van der Waals surface area (Å²) in [6, 6.07) is 0. The molecule has 0 aromatic rings. The molecule has 0 unspecified atom stereocenters. The van der Waals surface area contributed by atoms with Gasteiger partial charge < -0.3 is 6.15 Å². The number of hydrogen-bond acceptors (Lipinski definition) is 1. The minimum absolute atomic E-state index is 0. The minimum Gasteiger partial charge on any atom is -0.344 e. The van der Waals surface area contributed by atoms with Crippen LogP contribution in [-0.4, -0.2) is 0 Å². The molecule has 1 nitrogen and oxygen atoms in total. The maximum Gasteiger partial charge on any atom is 0 e. The van der Waals surface area contributed by atoms with E-state index in [0.717, 1.165) is 0 Å². The van der Waals surface area contributed by atoms with Crippen LogP contribution in [0.15, 0.2) is 0 Å². The van der Waals surface area contributed by atoms with Gasteiger partial charge in [-0.2, -0.15) is 0 Å². The molecule has 1 heteroatoms. The molecular weight excluding hydrogens is 86.1 g/mol. The van der Waals surface area contributed by atoms with E-state index in [4.69, 9.17) is 0 Å². The first kappa shape index (κ1) is 10.0. The van der Waals surface area contributed by atoms with Crippen LogP contribution in [0.3, 0.4) is 0 Å². The fraction of sp³-hybridized carbons (Fsp3) is 1.00. The summed E-state index contributed by atoms with van der Waals surface area (Å²) in [5.41, 5.74) is 0. The number of hydrogen-bond donors (Lipinski definition) is 1. The van der Waals surface area contributed by atoms with Crippen molar-refractivity contribution < 1.29 is 1.43 Å². The van der Waals surface area contributed by atoms with Crippen molar-refractivity contribution in [1.82, 2.24) is 6.15 Å². The maximum absolute atomic E-state index is 2.23. The maximum atomic E-state index is 2.23. The first-order chi connectivity index (χ1) is 2.91. The van der Waals surface area contributed by atoms with Gasteiger partial charge in [0.2, 0.25) is 0 Å². The van der Waals surface area contributed by atoms with E-state index in [1.807, 2.05) is 0 Å². The van der Waals surface area contributed by atoms with Crippen molar-refractivity contribution in [2.75, 3.05) is 0 Å². The summed E-state index contributed by atoms with van der Waals surface area (Å²) in [7, 11) is 0. The van der Waals surface area contributed by atoms with Gasteiger partial charge in [0.05, 0.1) is 0 Å². The summed E-state index contributed by atoms with van der Waals surface area (Å²) in [5.74, 6) is 0. The molecule has 0 aromatic carbocycles. The highest BCUT2D eigenvalue weighted by Gasteiger charge is 1.75. The first-order valence-corrected chi connectivity index (χ1v) is 2.91. The molecule has 0 amide bonds. The Hall–Kier alpha value is -0.0400. The van der Waals surface area contributed by atoms with Crippen LogP contribution in [0.5, 0.6) is 0 Å². The highest BCUT2D eigenvalue weighted by Crippen LogP contribution is 1.95.